The van der Waals surface area contributed by atoms with Gasteiger partial charge in [0.15, 0.2) is 0 Å². The van der Waals surface area contributed by atoms with Crippen LogP contribution in [0.25, 0.3) is 0 Å². The number of benzene rings is 1. The Morgan fingerprint density at radius 3 is 3.11 bits per heavy atom. The lowest BCUT2D eigenvalue weighted by molar-refractivity contribution is 0.102. The zero-order chi connectivity index (χ0) is 13.2. The highest BCUT2D eigenvalue weighted by Crippen LogP contribution is 2.23. The molecule has 0 bridgehead atoms. The van der Waals surface area contributed by atoms with Crippen LogP contribution in [0, 0.1) is 6.92 Å². The van der Waals surface area contributed by atoms with Crippen molar-refractivity contribution in [1.29, 1.82) is 0 Å². The number of aromatic nitrogens is 1. The summed E-state index contributed by atoms with van der Waals surface area (Å²) in [4.78, 5) is 16.4. The minimum Gasteiger partial charge on any atom is -0.384 e. The minimum atomic E-state index is -0.127. The maximum absolute atomic E-state index is 12.2. The molecule has 2 aromatic rings. The molecule has 1 amide bonds. The van der Waals surface area contributed by atoms with Crippen LogP contribution in [0.15, 0.2) is 36.5 Å². The molecule has 0 radical (unpaired) electrons. The van der Waals surface area contributed by atoms with Crippen LogP contribution in [-0.4, -0.2) is 17.4 Å². The van der Waals surface area contributed by atoms with Crippen molar-refractivity contribution in [2.45, 2.75) is 13.3 Å². The van der Waals surface area contributed by atoms with Gasteiger partial charge in [-0.25, -0.2) is 4.98 Å². The van der Waals surface area contributed by atoms with Crippen molar-refractivity contribution in [3.8, 4) is 0 Å². The Labute approximate surface area is 111 Å². The molecule has 1 aliphatic rings. The second-order valence-electron chi connectivity index (χ2n) is 4.67. The number of nitrogens with zero attached hydrogens (tertiary/aromatic N) is 1. The summed E-state index contributed by atoms with van der Waals surface area (Å²) in [6, 6.07) is 9.54. The fourth-order valence-corrected chi connectivity index (χ4v) is 2.23. The number of pyridine rings is 1. The molecule has 0 aliphatic carbocycles. The largest absolute Gasteiger partial charge is 0.384 e. The first-order valence-corrected chi connectivity index (χ1v) is 6.34. The molecule has 96 valence electrons. The van der Waals surface area contributed by atoms with Crippen LogP contribution >= 0.6 is 0 Å². The topological polar surface area (TPSA) is 54.0 Å². The number of carbonyl (C=O) groups excluding carboxylic acids is 1. The van der Waals surface area contributed by atoms with Gasteiger partial charge in [0.25, 0.3) is 5.91 Å². The number of hydrogen-bond acceptors (Lipinski definition) is 3. The SMILES string of the molecule is Cc1cccnc1NC(=O)c1ccc2c(c1)NCC2. The van der Waals surface area contributed by atoms with Crippen molar-refractivity contribution in [3.63, 3.8) is 0 Å². The first kappa shape index (κ1) is 11.7. The maximum Gasteiger partial charge on any atom is 0.256 e. The zero-order valence-corrected chi connectivity index (χ0v) is 10.7. The van der Waals surface area contributed by atoms with Crippen LogP contribution in [0.4, 0.5) is 11.5 Å². The van der Waals surface area contributed by atoms with Crippen LogP contribution in [0.1, 0.15) is 21.5 Å². The number of nitrogens with one attached hydrogen (secondary N) is 2. The van der Waals surface area contributed by atoms with Gasteiger partial charge in [0.1, 0.15) is 5.82 Å². The van der Waals surface area contributed by atoms with E-state index in [2.05, 4.69) is 15.6 Å². The van der Waals surface area contributed by atoms with Crippen molar-refractivity contribution in [3.05, 3.63) is 53.2 Å². The van der Waals surface area contributed by atoms with E-state index in [4.69, 9.17) is 0 Å². The highest BCUT2D eigenvalue weighted by Gasteiger charge is 2.14. The molecule has 1 aliphatic heterocycles. The Bertz CT molecular complexity index is 637. The predicted molar refractivity (Wildman–Crippen MR) is 75.6 cm³/mol. The fourth-order valence-electron chi connectivity index (χ4n) is 2.23. The minimum absolute atomic E-state index is 0.127. The fraction of sp³-hybridized carbons (Fsp3) is 0.200. The molecule has 4 heteroatoms. The Kier molecular flexibility index (Phi) is 2.91. The first-order valence-electron chi connectivity index (χ1n) is 6.34. The Morgan fingerprint density at radius 2 is 2.26 bits per heavy atom. The summed E-state index contributed by atoms with van der Waals surface area (Å²) in [5.41, 5.74) is 3.93. The number of carbonyl (C=O) groups is 1. The quantitative estimate of drug-likeness (QED) is 0.865. The Morgan fingerprint density at radius 1 is 1.37 bits per heavy atom. The van der Waals surface area contributed by atoms with E-state index in [0.29, 0.717) is 11.4 Å². The number of fused-ring (bicyclic) bond motifs is 1. The molecule has 0 saturated heterocycles. The van der Waals surface area contributed by atoms with Gasteiger partial charge in [0.2, 0.25) is 0 Å². The number of hydrogen-bond donors (Lipinski definition) is 2. The molecule has 2 heterocycles. The van der Waals surface area contributed by atoms with Gasteiger partial charge < -0.3 is 10.6 Å². The van der Waals surface area contributed by atoms with Gasteiger partial charge in [0, 0.05) is 24.0 Å². The monoisotopic (exact) mass is 253 g/mol. The van der Waals surface area contributed by atoms with Crippen LogP contribution in [-0.2, 0) is 6.42 Å². The molecular formula is C15H15N3O. The maximum atomic E-state index is 12.2. The summed E-state index contributed by atoms with van der Waals surface area (Å²) in [6.07, 6.45) is 2.70. The molecule has 4 nitrogen and oxygen atoms in total. The predicted octanol–water partition coefficient (Wildman–Crippen LogP) is 2.61. The highest BCUT2D eigenvalue weighted by atomic mass is 16.1. The molecule has 2 N–H and O–H groups in total. The summed E-state index contributed by atoms with van der Waals surface area (Å²) in [5, 5.41) is 6.11. The molecule has 0 unspecified atom stereocenters. The lowest BCUT2D eigenvalue weighted by Gasteiger charge is -2.08. The van der Waals surface area contributed by atoms with E-state index < -0.39 is 0 Å². The molecule has 19 heavy (non-hydrogen) atoms. The van der Waals surface area contributed by atoms with Crippen LogP contribution in [0.3, 0.4) is 0 Å². The second kappa shape index (κ2) is 4.72. The Hall–Kier alpha value is -2.36. The van der Waals surface area contributed by atoms with Crippen molar-refractivity contribution >= 4 is 17.4 Å². The smallest absolute Gasteiger partial charge is 0.256 e. The van der Waals surface area contributed by atoms with Crippen molar-refractivity contribution in [1.82, 2.24) is 4.98 Å². The molecule has 3 rings (SSSR count). The average Bonchev–Trinajstić information content (AvgIpc) is 2.88. The third kappa shape index (κ3) is 2.29. The van der Waals surface area contributed by atoms with Gasteiger partial charge in [-0.3, -0.25) is 4.79 Å². The normalized spacial score (nSPS) is 12.7. The zero-order valence-electron chi connectivity index (χ0n) is 10.7. The summed E-state index contributed by atoms with van der Waals surface area (Å²) in [7, 11) is 0. The van der Waals surface area contributed by atoms with E-state index >= 15 is 0 Å². The first-order chi connectivity index (χ1) is 9.24. The van der Waals surface area contributed by atoms with Crippen molar-refractivity contribution in [2.75, 3.05) is 17.2 Å². The summed E-state index contributed by atoms with van der Waals surface area (Å²) >= 11 is 0. The molecular weight excluding hydrogens is 238 g/mol. The van der Waals surface area contributed by atoms with E-state index in [-0.39, 0.29) is 5.91 Å². The van der Waals surface area contributed by atoms with Crippen LogP contribution in [0.2, 0.25) is 0 Å². The van der Waals surface area contributed by atoms with Gasteiger partial charge in [-0.2, -0.15) is 0 Å². The average molecular weight is 253 g/mol. The van der Waals surface area contributed by atoms with Crippen molar-refractivity contribution in [2.24, 2.45) is 0 Å². The number of rotatable bonds is 2. The summed E-state index contributed by atoms with van der Waals surface area (Å²) < 4.78 is 0. The van der Waals surface area contributed by atoms with E-state index in [0.717, 1.165) is 24.2 Å². The standard InChI is InChI=1S/C15H15N3O/c1-10-3-2-7-17-14(10)18-15(19)12-5-4-11-6-8-16-13(11)9-12/h2-5,7,9,16H,6,8H2,1H3,(H,17,18,19). The second-order valence-corrected chi connectivity index (χ2v) is 4.67. The van der Waals surface area contributed by atoms with Crippen LogP contribution < -0.4 is 10.6 Å². The summed E-state index contributed by atoms with van der Waals surface area (Å²) in [5.74, 6) is 0.485. The van der Waals surface area contributed by atoms with Gasteiger partial charge >= 0.3 is 0 Å². The summed E-state index contributed by atoms with van der Waals surface area (Å²) in [6.45, 7) is 2.87. The molecule has 0 spiro atoms. The third-order valence-electron chi connectivity index (χ3n) is 3.32. The van der Waals surface area contributed by atoms with E-state index in [1.165, 1.54) is 5.56 Å². The number of amides is 1. The van der Waals surface area contributed by atoms with Gasteiger partial charge in [0.05, 0.1) is 0 Å². The Balaban J connectivity index is 1.83. The molecule has 0 saturated carbocycles. The number of aryl methyl sites for hydroxylation is 1. The van der Waals surface area contributed by atoms with Gasteiger partial charge in [-0.1, -0.05) is 12.1 Å². The lowest BCUT2D eigenvalue weighted by Crippen LogP contribution is -2.14. The lowest BCUT2D eigenvalue weighted by atomic mass is 10.1. The number of anilines is 2. The van der Waals surface area contributed by atoms with Gasteiger partial charge in [-0.05, 0) is 42.7 Å². The molecule has 1 aromatic carbocycles. The van der Waals surface area contributed by atoms with Crippen LogP contribution in [0.5, 0.6) is 0 Å². The molecule has 0 atom stereocenters. The molecule has 1 aromatic heterocycles. The van der Waals surface area contributed by atoms with E-state index in [1.54, 1.807) is 6.20 Å². The van der Waals surface area contributed by atoms with Crippen molar-refractivity contribution < 1.29 is 4.79 Å². The third-order valence-corrected chi connectivity index (χ3v) is 3.32. The van der Waals surface area contributed by atoms with Gasteiger partial charge in [-0.15, -0.1) is 0 Å². The van der Waals surface area contributed by atoms with E-state index in [9.17, 15) is 4.79 Å². The molecule has 0 fully saturated rings. The highest BCUT2D eigenvalue weighted by molar-refractivity contribution is 6.04. The van der Waals surface area contributed by atoms with E-state index in [1.807, 2.05) is 37.3 Å².